The number of carbonyl (C=O) groups excluding carboxylic acids is 5. The third-order valence-electron chi connectivity index (χ3n) is 12.1. The van der Waals surface area contributed by atoms with Crippen LogP contribution in [0.2, 0.25) is 0 Å². The number of ether oxygens (including phenoxy) is 2. The maximum Gasteiger partial charge on any atom is 0.307 e. The Bertz CT molecular complexity index is 1510. The van der Waals surface area contributed by atoms with Gasteiger partial charge in [0.1, 0.15) is 17.9 Å². The number of amides is 4. The van der Waals surface area contributed by atoms with Crippen molar-refractivity contribution in [2.45, 2.75) is 143 Å². The number of hydrogen-bond acceptors (Lipinski definition) is 9. The van der Waals surface area contributed by atoms with E-state index in [2.05, 4.69) is 5.32 Å². The van der Waals surface area contributed by atoms with E-state index in [0.717, 1.165) is 5.56 Å². The van der Waals surface area contributed by atoms with E-state index in [1.54, 1.807) is 37.7 Å². The van der Waals surface area contributed by atoms with E-state index in [4.69, 9.17) is 15.2 Å². The lowest BCUT2D eigenvalue weighted by Gasteiger charge is -2.41. The molecule has 0 aliphatic carbocycles. The summed E-state index contributed by atoms with van der Waals surface area (Å²) in [5, 5.41) is 12.9. The molecular formula is C44H73N5O9. The van der Waals surface area contributed by atoms with Gasteiger partial charge in [-0.05, 0) is 49.0 Å². The van der Waals surface area contributed by atoms with E-state index in [1.807, 2.05) is 71.9 Å². The first-order chi connectivity index (χ1) is 27.3. The second-order valence-corrected chi connectivity index (χ2v) is 16.9. The number of benzene rings is 1. The van der Waals surface area contributed by atoms with Gasteiger partial charge in [0.15, 0.2) is 0 Å². The van der Waals surface area contributed by atoms with Crippen molar-refractivity contribution < 1.29 is 43.3 Å². The van der Waals surface area contributed by atoms with Crippen LogP contribution in [-0.4, -0.2) is 132 Å². The highest BCUT2D eigenvalue weighted by Crippen LogP contribution is 2.31. The van der Waals surface area contributed by atoms with Gasteiger partial charge in [0.05, 0.1) is 42.7 Å². The fourth-order valence-electron chi connectivity index (χ4n) is 8.39. The van der Waals surface area contributed by atoms with Gasteiger partial charge in [0, 0.05) is 47.2 Å². The van der Waals surface area contributed by atoms with E-state index >= 15 is 0 Å². The summed E-state index contributed by atoms with van der Waals surface area (Å²) >= 11 is 0. The summed E-state index contributed by atoms with van der Waals surface area (Å²) in [6, 6.07) is 5.71. The summed E-state index contributed by atoms with van der Waals surface area (Å²) in [6.45, 7) is 15.3. The van der Waals surface area contributed by atoms with Gasteiger partial charge in [-0.1, -0.05) is 92.1 Å². The number of hydrogen-bond donors (Lipinski definition) is 3. The molecule has 1 saturated heterocycles. The van der Waals surface area contributed by atoms with Crippen LogP contribution in [0.5, 0.6) is 0 Å². The summed E-state index contributed by atoms with van der Waals surface area (Å²) in [6.07, 6.45) is 1.06. The minimum Gasteiger partial charge on any atom is -0.481 e. The van der Waals surface area contributed by atoms with Gasteiger partial charge >= 0.3 is 5.97 Å². The zero-order valence-electron chi connectivity index (χ0n) is 37.1. The molecule has 4 amide bonds. The molecule has 0 aromatic heterocycles. The standard InChI is InChI=1S/C44H73N5O9/c1-13-28(7)39(48(10)43(54)37(26(3)4)46-41(52)38(27(5)6)47(9)42(53)32(45)14-2)35(57-11)25-36(51)49-22-18-21-33(49)40(58-12)29(8)34(50)24-31(44(55)56)23-30-19-16-15-17-20-30/h15-17,19-20,26-29,31-33,35,37-40H,13-14,18,21-25,45H2,1-12H3,(H,46,52)(H,55,56)/t28-,29-,31+,32-,33-,35+,37-,38-,39-,40+/m0/s1. The highest BCUT2D eigenvalue weighted by molar-refractivity contribution is 5.93. The topological polar surface area (TPSA) is 189 Å². The van der Waals surface area contributed by atoms with Crippen LogP contribution in [0, 0.1) is 29.6 Å². The van der Waals surface area contributed by atoms with Crippen LogP contribution in [0.3, 0.4) is 0 Å². The molecule has 0 bridgehead atoms. The summed E-state index contributed by atoms with van der Waals surface area (Å²) in [5.74, 6) is -4.88. The van der Waals surface area contributed by atoms with Crippen molar-refractivity contribution >= 4 is 35.4 Å². The highest BCUT2D eigenvalue weighted by Gasteiger charge is 2.44. The molecule has 0 saturated carbocycles. The fraction of sp³-hybridized carbons (Fsp3) is 0.727. The molecule has 1 aliphatic rings. The molecule has 0 spiro atoms. The average Bonchev–Trinajstić information content (AvgIpc) is 3.68. The highest BCUT2D eigenvalue weighted by atomic mass is 16.5. The van der Waals surface area contributed by atoms with Gasteiger partial charge in [0.25, 0.3) is 0 Å². The molecular weight excluding hydrogens is 743 g/mol. The van der Waals surface area contributed by atoms with Crippen molar-refractivity contribution in [1.29, 1.82) is 0 Å². The zero-order valence-corrected chi connectivity index (χ0v) is 37.1. The monoisotopic (exact) mass is 816 g/mol. The number of nitrogens with zero attached hydrogens (tertiary/aromatic N) is 3. The fourth-order valence-corrected chi connectivity index (χ4v) is 8.39. The molecule has 0 unspecified atom stereocenters. The van der Waals surface area contributed by atoms with Crippen molar-refractivity contribution in [1.82, 2.24) is 20.0 Å². The first-order valence-electron chi connectivity index (χ1n) is 21.0. The number of Topliss-reactive ketones (excluding diaryl/α,β-unsaturated/α-hetero) is 1. The lowest BCUT2D eigenvalue weighted by Crippen LogP contribution is -2.61. The van der Waals surface area contributed by atoms with Crippen molar-refractivity contribution in [2.24, 2.45) is 35.3 Å². The summed E-state index contributed by atoms with van der Waals surface area (Å²) in [5.41, 5.74) is 6.86. The predicted molar refractivity (Wildman–Crippen MR) is 223 cm³/mol. The van der Waals surface area contributed by atoms with Crippen LogP contribution < -0.4 is 11.1 Å². The number of carboxylic acid groups (broad SMARTS) is 1. The van der Waals surface area contributed by atoms with Crippen molar-refractivity contribution in [3.05, 3.63) is 35.9 Å². The van der Waals surface area contributed by atoms with Crippen molar-refractivity contribution in [3.63, 3.8) is 0 Å². The van der Waals surface area contributed by atoms with E-state index in [-0.39, 0.29) is 60.5 Å². The maximum absolute atomic E-state index is 14.4. The van der Waals surface area contributed by atoms with Gasteiger partial charge in [-0.25, -0.2) is 0 Å². The van der Waals surface area contributed by atoms with Crippen LogP contribution in [-0.2, 0) is 44.7 Å². The number of ketones is 1. The summed E-state index contributed by atoms with van der Waals surface area (Å²) in [4.78, 5) is 86.0. The molecule has 58 heavy (non-hydrogen) atoms. The Morgan fingerprint density at radius 1 is 0.879 bits per heavy atom. The van der Waals surface area contributed by atoms with Gasteiger partial charge in [-0.15, -0.1) is 0 Å². The third kappa shape index (κ3) is 13.1. The Labute approximate surface area is 346 Å². The Balaban J connectivity index is 2.30. The number of carbonyl (C=O) groups is 6. The molecule has 1 aromatic rings. The van der Waals surface area contributed by atoms with E-state index in [0.29, 0.717) is 32.2 Å². The van der Waals surface area contributed by atoms with Crippen molar-refractivity contribution in [2.75, 3.05) is 34.9 Å². The van der Waals surface area contributed by atoms with Crippen LogP contribution in [0.4, 0.5) is 0 Å². The number of rotatable bonds is 24. The van der Waals surface area contributed by atoms with Crippen LogP contribution in [0.15, 0.2) is 30.3 Å². The van der Waals surface area contributed by atoms with Crippen LogP contribution >= 0.6 is 0 Å². The molecule has 1 fully saturated rings. The van der Waals surface area contributed by atoms with E-state index in [9.17, 15) is 33.9 Å². The largest absolute Gasteiger partial charge is 0.481 e. The molecule has 14 heteroatoms. The Morgan fingerprint density at radius 3 is 2.00 bits per heavy atom. The lowest BCUT2D eigenvalue weighted by atomic mass is 9.85. The molecule has 328 valence electrons. The SMILES string of the molecule is CC[C@H](N)C(=O)N(C)[C@H](C(=O)N[C@H](C(=O)N(C)[C@@H]([C@@H](C)CC)[C@@H](CC(=O)N1CCC[C@H]1[C@H](OC)[C@@H](C)C(=O)C[C@@H](Cc1ccccc1)C(=O)O)OC)C(C)C)C(C)C. The molecule has 10 atom stereocenters. The Morgan fingerprint density at radius 2 is 1.50 bits per heavy atom. The number of nitrogens with one attached hydrogen (secondary N) is 1. The van der Waals surface area contributed by atoms with Gasteiger partial charge < -0.3 is 40.3 Å². The zero-order chi connectivity index (χ0) is 44.0. The molecule has 0 radical (unpaired) electrons. The average molecular weight is 816 g/mol. The molecule has 14 nitrogen and oxygen atoms in total. The number of likely N-dealkylation sites (tertiary alicyclic amines) is 1. The summed E-state index contributed by atoms with van der Waals surface area (Å²) < 4.78 is 11.9. The normalized spacial score (nSPS) is 19.0. The van der Waals surface area contributed by atoms with Gasteiger partial charge in [-0.2, -0.15) is 0 Å². The third-order valence-corrected chi connectivity index (χ3v) is 12.1. The van der Waals surface area contributed by atoms with E-state index in [1.165, 1.54) is 19.1 Å². The lowest BCUT2D eigenvalue weighted by molar-refractivity contribution is -0.149. The van der Waals surface area contributed by atoms with E-state index < -0.39 is 66.1 Å². The van der Waals surface area contributed by atoms with Crippen molar-refractivity contribution in [3.8, 4) is 0 Å². The molecule has 4 N–H and O–H groups in total. The van der Waals surface area contributed by atoms with Crippen LogP contribution in [0.1, 0.15) is 99.5 Å². The van der Waals surface area contributed by atoms with Crippen LogP contribution in [0.25, 0.3) is 0 Å². The second-order valence-electron chi connectivity index (χ2n) is 16.9. The smallest absolute Gasteiger partial charge is 0.307 e. The predicted octanol–water partition coefficient (Wildman–Crippen LogP) is 4.17. The van der Waals surface area contributed by atoms with Gasteiger partial charge in [-0.3, -0.25) is 28.8 Å². The van der Waals surface area contributed by atoms with Gasteiger partial charge in [0.2, 0.25) is 23.6 Å². The number of methoxy groups -OCH3 is 2. The molecule has 1 aliphatic heterocycles. The molecule has 1 aromatic carbocycles. The maximum atomic E-state index is 14.4. The molecule has 2 rings (SSSR count). The Kier molecular flexibility index (Phi) is 20.5. The number of aliphatic carboxylic acids is 1. The number of nitrogens with two attached hydrogens (primary N) is 1. The first kappa shape index (κ1) is 50.3. The quantitative estimate of drug-likeness (QED) is 0.137. The Hall–Kier alpha value is -3.88. The minimum absolute atomic E-state index is 0.0464. The first-order valence-corrected chi connectivity index (χ1v) is 21.0. The molecule has 1 heterocycles. The number of carboxylic acids is 1. The summed E-state index contributed by atoms with van der Waals surface area (Å²) in [7, 11) is 6.25. The second kappa shape index (κ2) is 23.6. The number of likely N-dealkylation sites (N-methyl/N-ethyl adjacent to an activating group) is 2. The minimum atomic E-state index is -1.04.